The number of halogens is 1. The van der Waals surface area contributed by atoms with E-state index >= 15 is 0 Å². The maximum absolute atomic E-state index is 5.94. The summed E-state index contributed by atoms with van der Waals surface area (Å²) in [5, 5.41) is 3.74. The number of anilines is 3. The summed E-state index contributed by atoms with van der Waals surface area (Å²) in [4.78, 5) is 0. The molecule has 0 fully saturated rings. The lowest BCUT2D eigenvalue weighted by Crippen LogP contribution is -1.96. The number of nitrogens with one attached hydrogen (secondary N) is 1. The summed E-state index contributed by atoms with van der Waals surface area (Å²) in [6.07, 6.45) is 0. The maximum Gasteiger partial charge on any atom is 0.119 e. The lowest BCUT2D eigenvalue weighted by Gasteiger charge is -2.10. The number of methoxy groups -OCH3 is 1. The molecule has 0 unspecified atom stereocenters. The van der Waals surface area contributed by atoms with Crippen molar-refractivity contribution in [3.63, 3.8) is 0 Å². The van der Waals surface area contributed by atoms with Crippen molar-refractivity contribution < 1.29 is 4.74 Å². The lowest BCUT2D eigenvalue weighted by atomic mass is 10.2. The first kappa shape index (κ1) is 11.6. The first-order chi connectivity index (χ1) is 8.20. The van der Waals surface area contributed by atoms with E-state index in [1.807, 2.05) is 36.4 Å². The predicted octanol–water partition coefficient (Wildman–Crippen LogP) is 3.67. The molecule has 0 spiro atoms. The van der Waals surface area contributed by atoms with Gasteiger partial charge in [-0.25, -0.2) is 0 Å². The Hall–Kier alpha value is -1.87. The summed E-state index contributed by atoms with van der Waals surface area (Å²) in [5.74, 6) is 0.814. The molecule has 0 saturated carbocycles. The van der Waals surface area contributed by atoms with E-state index in [2.05, 4.69) is 5.32 Å². The van der Waals surface area contributed by atoms with Crippen LogP contribution in [0.2, 0.25) is 5.02 Å². The zero-order chi connectivity index (χ0) is 12.3. The van der Waals surface area contributed by atoms with Gasteiger partial charge in [-0.1, -0.05) is 17.7 Å². The van der Waals surface area contributed by atoms with Gasteiger partial charge in [0.2, 0.25) is 0 Å². The third-order valence-corrected chi connectivity index (χ3v) is 2.75. The Morgan fingerprint density at radius 3 is 2.47 bits per heavy atom. The van der Waals surface area contributed by atoms with E-state index < -0.39 is 0 Å². The van der Waals surface area contributed by atoms with Crippen molar-refractivity contribution in [3.05, 3.63) is 47.5 Å². The van der Waals surface area contributed by atoms with E-state index in [-0.39, 0.29) is 0 Å². The van der Waals surface area contributed by atoms with Crippen LogP contribution in [-0.4, -0.2) is 7.11 Å². The van der Waals surface area contributed by atoms with E-state index in [1.165, 1.54) is 0 Å². The Labute approximate surface area is 105 Å². The maximum atomic E-state index is 5.94. The monoisotopic (exact) mass is 248 g/mol. The summed E-state index contributed by atoms with van der Waals surface area (Å²) in [7, 11) is 1.64. The molecule has 0 aliphatic carbocycles. The van der Waals surface area contributed by atoms with Gasteiger partial charge in [-0.15, -0.1) is 0 Å². The first-order valence-corrected chi connectivity index (χ1v) is 5.53. The van der Waals surface area contributed by atoms with Crippen LogP contribution in [0.25, 0.3) is 0 Å². The van der Waals surface area contributed by atoms with Gasteiger partial charge in [0.05, 0.1) is 23.5 Å². The van der Waals surface area contributed by atoms with Crippen LogP contribution in [0, 0.1) is 0 Å². The molecule has 0 heterocycles. The third-order valence-electron chi connectivity index (χ3n) is 2.42. The molecule has 3 nitrogen and oxygen atoms in total. The summed E-state index contributed by atoms with van der Waals surface area (Å²) in [5.41, 5.74) is 8.14. The average molecular weight is 249 g/mol. The quantitative estimate of drug-likeness (QED) is 0.815. The van der Waals surface area contributed by atoms with Crippen molar-refractivity contribution in [2.75, 3.05) is 18.2 Å². The molecule has 4 heteroatoms. The van der Waals surface area contributed by atoms with E-state index in [4.69, 9.17) is 22.1 Å². The van der Waals surface area contributed by atoms with Crippen LogP contribution >= 0.6 is 11.6 Å². The fourth-order valence-corrected chi connectivity index (χ4v) is 1.65. The number of ether oxygens (including phenoxy) is 1. The fourth-order valence-electron chi connectivity index (χ4n) is 1.48. The van der Waals surface area contributed by atoms with E-state index in [0.717, 1.165) is 17.1 Å². The van der Waals surface area contributed by atoms with Crippen molar-refractivity contribution in [1.82, 2.24) is 0 Å². The second-order valence-corrected chi connectivity index (χ2v) is 3.96. The number of benzene rings is 2. The van der Waals surface area contributed by atoms with Crippen LogP contribution in [-0.2, 0) is 0 Å². The van der Waals surface area contributed by atoms with Crippen LogP contribution in [0.5, 0.6) is 5.75 Å². The third kappa shape index (κ3) is 2.63. The van der Waals surface area contributed by atoms with Gasteiger partial charge >= 0.3 is 0 Å². The molecule has 0 atom stereocenters. The number of nitrogen functional groups attached to an aromatic ring is 1. The minimum absolute atomic E-state index is 0.545. The van der Waals surface area contributed by atoms with Crippen molar-refractivity contribution in [3.8, 4) is 5.75 Å². The molecule has 2 rings (SSSR count). The molecule has 0 radical (unpaired) electrons. The van der Waals surface area contributed by atoms with Gasteiger partial charge in [0.25, 0.3) is 0 Å². The molecule has 0 amide bonds. The minimum Gasteiger partial charge on any atom is -0.497 e. The Bertz CT molecular complexity index is 511. The Kier molecular flexibility index (Phi) is 3.40. The molecule has 0 bridgehead atoms. The number of para-hydroxylation sites is 1. The molecular formula is C13H13ClN2O. The van der Waals surface area contributed by atoms with Gasteiger partial charge in [0, 0.05) is 5.69 Å². The number of hydrogen-bond donors (Lipinski definition) is 2. The van der Waals surface area contributed by atoms with Crippen LogP contribution in [0.3, 0.4) is 0 Å². The molecule has 88 valence electrons. The smallest absolute Gasteiger partial charge is 0.119 e. The standard InChI is InChI=1S/C13H13ClN2O/c1-17-10-7-5-9(6-8-10)16-12-4-2-3-11(14)13(12)15/h2-8,16H,15H2,1H3. The van der Waals surface area contributed by atoms with Crippen LogP contribution in [0.1, 0.15) is 0 Å². The fraction of sp³-hybridized carbons (Fsp3) is 0.0769. The van der Waals surface area contributed by atoms with Crippen LogP contribution in [0.15, 0.2) is 42.5 Å². The Morgan fingerprint density at radius 2 is 1.82 bits per heavy atom. The number of nitrogens with two attached hydrogens (primary N) is 1. The SMILES string of the molecule is COc1ccc(Nc2cccc(Cl)c2N)cc1. The molecule has 0 aliphatic heterocycles. The zero-order valence-corrected chi connectivity index (χ0v) is 10.2. The minimum atomic E-state index is 0.545. The highest BCUT2D eigenvalue weighted by Crippen LogP contribution is 2.29. The molecule has 3 N–H and O–H groups in total. The number of hydrogen-bond acceptors (Lipinski definition) is 3. The van der Waals surface area contributed by atoms with E-state index in [0.29, 0.717) is 10.7 Å². The predicted molar refractivity (Wildman–Crippen MR) is 72.1 cm³/mol. The van der Waals surface area contributed by atoms with Crippen LogP contribution in [0.4, 0.5) is 17.1 Å². The van der Waals surface area contributed by atoms with Crippen molar-refractivity contribution in [2.24, 2.45) is 0 Å². The topological polar surface area (TPSA) is 47.3 Å². The lowest BCUT2D eigenvalue weighted by molar-refractivity contribution is 0.415. The van der Waals surface area contributed by atoms with Crippen LogP contribution < -0.4 is 15.8 Å². The van der Waals surface area contributed by atoms with Crippen molar-refractivity contribution >= 4 is 28.7 Å². The number of rotatable bonds is 3. The molecule has 0 aromatic heterocycles. The largest absolute Gasteiger partial charge is 0.497 e. The summed E-state index contributed by atoms with van der Waals surface area (Å²) < 4.78 is 5.09. The normalized spacial score (nSPS) is 10.0. The van der Waals surface area contributed by atoms with Gasteiger partial charge in [-0.3, -0.25) is 0 Å². The molecule has 0 aliphatic rings. The highest BCUT2D eigenvalue weighted by molar-refractivity contribution is 6.33. The summed E-state index contributed by atoms with van der Waals surface area (Å²) >= 11 is 5.94. The molecule has 17 heavy (non-hydrogen) atoms. The Balaban J connectivity index is 2.22. The first-order valence-electron chi connectivity index (χ1n) is 5.16. The molecule has 0 saturated heterocycles. The second kappa shape index (κ2) is 4.97. The van der Waals surface area contributed by atoms with Crippen molar-refractivity contribution in [1.29, 1.82) is 0 Å². The summed E-state index contributed by atoms with van der Waals surface area (Å²) in [6, 6.07) is 13.1. The van der Waals surface area contributed by atoms with E-state index in [9.17, 15) is 0 Å². The van der Waals surface area contributed by atoms with Gasteiger partial charge < -0.3 is 15.8 Å². The van der Waals surface area contributed by atoms with Gasteiger partial charge in [-0.05, 0) is 36.4 Å². The van der Waals surface area contributed by atoms with E-state index in [1.54, 1.807) is 13.2 Å². The Morgan fingerprint density at radius 1 is 1.12 bits per heavy atom. The molecule has 2 aromatic rings. The van der Waals surface area contributed by atoms with Crippen molar-refractivity contribution in [2.45, 2.75) is 0 Å². The highest BCUT2D eigenvalue weighted by atomic mass is 35.5. The highest BCUT2D eigenvalue weighted by Gasteiger charge is 2.03. The van der Waals surface area contributed by atoms with Gasteiger partial charge in [0.15, 0.2) is 0 Å². The molecular weight excluding hydrogens is 236 g/mol. The molecule has 2 aromatic carbocycles. The van der Waals surface area contributed by atoms with Gasteiger partial charge in [0.1, 0.15) is 5.75 Å². The average Bonchev–Trinajstić information content (AvgIpc) is 2.36. The zero-order valence-electron chi connectivity index (χ0n) is 9.41. The second-order valence-electron chi connectivity index (χ2n) is 3.55. The summed E-state index contributed by atoms with van der Waals surface area (Å²) in [6.45, 7) is 0. The van der Waals surface area contributed by atoms with Gasteiger partial charge in [-0.2, -0.15) is 0 Å².